The van der Waals surface area contributed by atoms with E-state index in [1.54, 1.807) is 0 Å². The lowest BCUT2D eigenvalue weighted by Gasteiger charge is -2.16. The highest BCUT2D eigenvalue weighted by Crippen LogP contribution is 2.29. The normalized spacial score (nSPS) is 14.3. The van der Waals surface area contributed by atoms with Crippen LogP contribution in [0.3, 0.4) is 0 Å². The van der Waals surface area contributed by atoms with Gasteiger partial charge >= 0.3 is 6.09 Å². The average molecular weight is 467 g/mol. The number of aliphatic imine (C=N–C) groups is 1. The molecule has 1 aliphatic rings. The standard InChI is InChI=1S/C27H26N6O2/c1-18-30-31-26-25(29-27(34)35-17-19-10-9-13-21(16-19)32(2)3)28-24(20-11-5-4-6-12-20)22-14-7-8-15-23(22)33(18)26/h4-16,25H,17H2,1-3H3,(H,29,34). The SMILES string of the molecule is Cc1nnc2n1-c1ccccc1C(c1ccccc1)=NC2NC(=O)OCc1cccc(N(C)C)c1. The second-order valence-corrected chi connectivity index (χ2v) is 8.49. The number of carbonyl (C=O) groups is 1. The molecular weight excluding hydrogens is 440 g/mol. The quantitative estimate of drug-likeness (QED) is 0.471. The lowest BCUT2D eigenvalue weighted by atomic mass is 10.0. The number of rotatable bonds is 5. The molecule has 1 aliphatic heterocycles. The lowest BCUT2D eigenvalue weighted by Crippen LogP contribution is -2.30. The van der Waals surface area contributed by atoms with Gasteiger partial charge < -0.3 is 9.64 Å². The Hall–Kier alpha value is -4.46. The van der Waals surface area contributed by atoms with Gasteiger partial charge in [-0.05, 0) is 30.7 Å². The van der Waals surface area contributed by atoms with E-state index in [0.29, 0.717) is 11.6 Å². The van der Waals surface area contributed by atoms with Gasteiger partial charge in [0.25, 0.3) is 0 Å². The lowest BCUT2D eigenvalue weighted by molar-refractivity contribution is 0.135. The van der Waals surface area contributed by atoms with Gasteiger partial charge in [0, 0.05) is 30.9 Å². The molecular formula is C27H26N6O2. The van der Waals surface area contributed by atoms with Crippen LogP contribution in [0.4, 0.5) is 10.5 Å². The molecule has 0 saturated heterocycles. The molecule has 3 aromatic carbocycles. The first-order valence-corrected chi connectivity index (χ1v) is 11.4. The van der Waals surface area contributed by atoms with Crippen LogP contribution in [-0.2, 0) is 11.3 Å². The van der Waals surface area contributed by atoms with Crippen molar-refractivity contribution in [1.82, 2.24) is 20.1 Å². The molecule has 1 atom stereocenters. The Bertz CT molecular complexity index is 1390. The Labute approximate surface area is 203 Å². The molecule has 1 N–H and O–H groups in total. The topological polar surface area (TPSA) is 84.6 Å². The van der Waals surface area contributed by atoms with E-state index in [4.69, 9.17) is 9.73 Å². The number of nitrogens with zero attached hydrogens (tertiary/aromatic N) is 5. The zero-order chi connectivity index (χ0) is 24.4. The smallest absolute Gasteiger partial charge is 0.409 e. The van der Waals surface area contributed by atoms with Crippen molar-refractivity contribution in [2.45, 2.75) is 19.7 Å². The number of para-hydroxylation sites is 1. The third kappa shape index (κ3) is 4.50. The van der Waals surface area contributed by atoms with Crippen LogP contribution in [0.25, 0.3) is 5.69 Å². The molecule has 1 amide bonds. The van der Waals surface area contributed by atoms with Crippen molar-refractivity contribution in [2.75, 3.05) is 19.0 Å². The van der Waals surface area contributed by atoms with Crippen molar-refractivity contribution < 1.29 is 9.53 Å². The number of aromatic nitrogens is 3. The van der Waals surface area contributed by atoms with Gasteiger partial charge in [0.1, 0.15) is 12.4 Å². The highest BCUT2D eigenvalue weighted by atomic mass is 16.5. The van der Waals surface area contributed by atoms with Crippen LogP contribution >= 0.6 is 0 Å². The first-order valence-electron chi connectivity index (χ1n) is 11.4. The number of carbonyl (C=O) groups excluding carboxylic acids is 1. The van der Waals surface area contributed by atoms with Gasteiger partial charge in [0.15, 0.2) is 12.0 Å². The Morgan fingerprint density at radius 3 is 2.57 bits per heavy atom. The number of ether oxygens (including phenoxy) is 1. The largest absolute Gasteiger partial charge is 0.445 e. The first-order chi connectivity index (χ1) is 17.0. The van der Waals surface area contributed by atoms with Gasteiger partial charge in [-0.2, -0.15) is 0 Å². The van der Waals surface area contributed by atoms with Crippen molar-refractivity contribution in [3.8, 4) is 5.69 Å². The van der Waals surface area contributed by atoms with E-state index >= 15 is 0 Å². The summed E-state index contributed by atoms with van der Waals surface area (Å²) >= 11 is 0. The Kier molecular flexibility index (Phi) is 6.01. The molecule has 35 heavy (non-hydrogen) atoms. The molecule has 1 unspecified atom stereocenters. The summed E-state index contributed by atoms with van der Waals surface area (Å²) in [4.78, 5) is 19.8. The Balaban J connectivity index is 1.47. The van der Waals surface area contributed by atoms with E-state index < -0.39 is 12.3 Å². The summed E-state index contributed by atoms with van der Waals surface area (Å²) in [5, 5.41) is 11.5. The van der Waals surface area contributed by atoms with E-state index in [1.165, 1.54) is 0 Å². The summed E-state index contributed by atoms with van der Waals surface area (Å²) in [6.07, 6.45) is -1.36. The van der Waals surface area contributed by atoms with Crippen molar-refractivity contribution in [2.24, 2.45) is 4.99 Å². The van der Waals surface area contributed by atoms with E-state index in [9.17, 15) is 4.79 Å². The number of benzene rings is 3. The summed E-state index contributed by atoms with van der Waals surface area (Å²) in [7, 11) is 3.94. The second kappa shape index (κ2) is 9.42. The van der Waals surface area contributed by atoms with Crippen LogP contribution in [0.15, 0.2) is 83.9 Å². The van der Waals surface area contributed by atoms with Gasteiger partial charge in [-0.3, -0.25) is 14.9 Å². The maximum Gasteiger partial charge on any atom is 0.409 e. The van der Waals surface area contributed by atoms with E-state index in [-0.39, 0.29) is 6.61 Å². The molecule has 0 radical (unpaired) electrons. The zero-order valence-electron chi connectivity index (χ0n) is 19.8. The minimum absolute atomic E-state index is 0.140. The highest BCUT2D eigenvalue weighted by molar-refractivity contribution is 6.15. The molecule has 2 heterocycles. The number of fused-ring (bicyclic) bond motifs is 3. The van der Waals surface area contributed by atoms with Crippen LogP contribution < -0.4 is 10.2 Å². The second-order valence-electron chi connectivity index (χ2n) is 8.49. The predicted molar refractivity (Wildman–Crippen MR) is 135 cm³/mol. The van der Waals surface area contributed by atoms with E-state index in [0.717, 1.165) is 33.8 Å². The zero-order valence-corrected chi connectivity index (χ0v) is 19.8. The van der Waals surface area contributed by atoms with Crippen molar-refractivity contribution in [1.29, 1.82) is 0 Å². The van der Waals surface area contributed by atoms with Crippen LogP contribution in [0, 0.1) is 6.92 Å². The minimum atomic E-state index is -0.778. The Morgan fingerprint density at radius 1 is 1.00 bits per heavy atom. The summed E-state index contributed by atoms with van der Waals surface area (Å²) in [5.41, 5.74) is 5.47. The van der Waals surface area contributed by atoms with Gasteiger partial charge in [0.05, 0.1) is 11.4 Å². The number of amides is 1. The number of nitrogens with one attached hydrogen (secondary N) is 1. The van der Waals surface area contributed by atoms with Gasteiger partial charge in [-0.15, -0.1) is 10.2 Å². The first kappa shape index (κ1) is 22.3. The molecule has 0 spiro atoms. The molecule has 0 fully saturated rings. The maximum absolute atomic E-state index is 12.9. The maximum atomic E-state index is 12.9. The minimum Gasteiger partial charge on any atom is -0.445 e. The number of aryl methyl sites for hydroxylation is 1. The van der Waals surface area contributed by atoms with Crippen LogP contribution in [-0.4, -0.2) is 40.7 Å². The summed E-state index contributed by atoms with van der Waals surface area (Å²) in [6.45, 7) is 2.02. The molecule has 1 aromatic heterocycles. The van der Waals surface area contributed by atoms with Crippen LogP contribution in [0.5, 0.6) is 0 Å². The van der Waals surface area contributed by atoms with E-state index in [1.807, 2.05) is 109 Å². The molecule has 8 heteroatoms. The molecule has 0 saturated carbocycles. The fourth-order valence-corrected chi connectivity index (χ4v) is 4.13. The molecule has 5 rings (SSSR count). The third-order valence-corrected chi connectivity index (χ3v) is 5.85. The number of alkyl carbamates (subject to hydrolysis) is 1. The van der Waals surface area contributed by atoms with Gasteiger partial charge in [-0.25, -0.2) is 4.79 Å². The summed E-state index contributed by atoms with van der Waals surface area (Å²) < 4.78 is 7.48. The fourth-order valence-electron chi connectivity index (χ4n) is 4.13. The Morgan fingerprint density at radius 2 is 1.77 bits per heavy atom. The van der Waals surface area contributed by atoms with Crippen LogP contribution in [0.1, 0.15) is 34.5 Å². The molecule has 0 bridgehead atoms. The molecule has 176 valence electrons. The van der Waals surface area contributed by atoms with Crippen molar-refractivity contribution >= 4 is 17.5 Å². The van der Waals surface area contributed by atoms with Crippen molar-refractivity contribution in [3.05, 3.63) is 107 Å². The summed E-state index contributed by atoms with van der Waals surface area (Å²) in [5.74, 6) is 1.23. The van der Waals surface area contributed by atoms with Gasteiger partial charge in [0.2, 0.25) is 0 Å². The monoisotopic (exact) mass is 466 g/mol. The molecule has 0 aliphatic carbocycles. The van der Waals surface area contributed by atoms with Crippen LogP contribution in [0.2, 0.25) is 0 Å². The van der Waals surface area contributed by atoms with Gasteiger partial charge in [-0.1, -0.05) is 60.7 Å². The van der Waals surface area contributed by atoms with E-state index in [2.05, 4.69) is 15.5 Å². The summed E-state index contributed by atoms with van der Waals surface area (Å²) in [6, 6.07) is 25.7. The highest BCUT2D eigenvalue weighted by Gasteiger charge is 2.29. The molecule has 4 aromatic rings. The molecule has 8 nitrogen and oxygen atoms in total. The van der Waals surface area contributed by atoms with Crippen molar-refractivity contribution in [3.63, 3.8) is 0 Å². The fraction of sp³-hybridized carbons (Fsp3) is 0.185. The predicted octanol–water partition coefficient (Wildman–Crippen LogP) is 4.42. The number of hydrogen-bond donors (Lipinski definition) is 1. The third-order valence-electron chi connectivity index (χ3n) is 5.85. The number of hydrogen-bond acceptors (Lipinski definition) is 6. The average Bonchev–Trinajstić information content (AvgIpc) is 3.20. The number of anilines is 1.